The van der Waals surface area contributed by atoms with Crippen LogP contribution in [0.4, 0.5) is 5.69 Å². The van der Waals surface area contributed by atoms with Crippen molar-refractivity contribution >= 4 is 21.6 Å². The summed E-state index contributed by atoms with van der Waals surface area (Å²) in [5.74, 6) is 0.194. The Kier molecular flexibility index (Phi) is 6.83. The molecule has 30 heavy (non-hydrogen) atoms. The molecule has 1 fully saturated rings. The second kappa shape index (κ2) is 9.18. The van der Waals surface area contributed by atoms with Crippen LogP contribution < -0.4 is 10.1 Å². The first-order valence-corrected chi connectivity index (χ1v) is 12.0. The highest BCUT2D eigenvalue weighted by Crippen LogP contribution is 2.44. The summed E-state index contributed by atoms with van der Waals surface area (Å²) in [6.45, 7) is 6.48. The highest BCUT2D eigenvalue weighted by molar-refractivity contribution is 7.89. The lowest BCUT2D eigenvalue weighted by Gasteiger charge is -2.40. The van der Waals surface area contributed by atoms with Gasteiger partial charge in [0.05, 0.1) is 12.0 Å². The largest absolute Gasteiger partial charge is 0.492 e. The van der Waals surface area contributed by atoms with E-state index in [0.29, 0.717) is 31.1 Å². The molecule has 2 aromatic carbocycles. The van der Waals surface area contributed by atoms with Gasteiger partial charge in [-0.05, 0) is 43.5 Å². The van der Waals surface area contributed by atoms with Crippen molar-refractivity contribution in [2.75, 3.05) is 25.0 Å². The maximum Gasteiger partial charge on any atom is 0.246 e. The third kappa shape index (κ3) is 4.09. The minimum atomic E-state index is -3.73. The second-order valence-electron chi connectivity index (χ2n) is 7.44. The van der Waals surface area contributed by atoms with E-state index in [1.54, 1.807) is 26.0 Å². The van der Waals surface area contributed by atoms with Crippen LogP contribution in [0.25, 0.3) is 0 Å². The number of anilines is 1. The monoisotopic (exact) mass is 430 g/mol. The molecular formula is C23H30N2O4S. The van der Waals surface area contributed by atoms with E-state index in [1.165, 1.54) is 10.4 Å². The number of benzene rings is 2. The van der Waals surface area contributed by atoms with Gasteiger partial charge in [0.25, 0.3) is 0 Å². The van der Waals surface area contributed by atoms with Crippen LogP contribution in [0.3, 0.4) is 0 Å². The Labute approximate surface area is 179 Å². The van der Waals surface area contributed by atoms with Gasteiger partial charge < -0.3 is 10.1 Å². The van der Waals surface area contributed by atoms with Crippen molar-refractivity contribution in [1.29, 1.82) is 0 Å². The van der Waals surface area contributed by atoms with Crippen LogP contribution in [0.5, 0.6) is 5.75 Å². The molecule has 0 heterocycles. The predicted molar refractivity (Wildman–Crippen MR) is 118 cm³/mol. The fourth-order valence-corrected chi connectivity index (χ4v) is 5.56. The topological polar surface area (TPSA) is 75.7 Å². The molecule has 0 aromatic heterocycles. The standard InChI is InChI=1S/C23H30N2O4S/c1-4-25(5-2)30(27,28)21-17-19(13-14-20(21)29-6-3)24-22(26)23(15-10-16-23)18-11-8-7-9-12-18/h7-9,11-14,17H,4-6,10,15-16H2,1-3H3,(H,24,26). The Morgan fingerprint density at radius 1 is 1.07 bits per heavy atom. The average Bonchev–Trinajstić information content (AvgIpc) is 2.70. The molecule has 7 heteroatoms. The van der Waals surface area contributed by atoms with E-state index in [2.05, 4.69) is 5.32 Å². The number of nitrogens with zero attached hydrogens (tertiary/aromatic N) is 1. The highest BCUT2D eigenvalue weighted by atomic mass is 32.2. The van der Waals surface area contributed by atoms with Crippen molar-refractivity contribution in [2.24, 2.45) is 0 Å². The first-order valence-electron chi connectivity index (χ1n) is 10.5. The predicted octanol–water partition coefficient (Wildman–Crippen LogP) is 4.18. The Bertz CT molecular complexity index is 982. The molecule has 0 saturated heterocycles. The molecule has 1 saturated carbocycles. The maximum absolute atomic E-state index is 13.2. The van der Waals surface area contributed by atoms with Crippen molar-refractivity contribution in [3.63, 3.8) is 0 Å². The fourth-order valence-electron chi connectivity index (χ4n) is 3.95. The van der Waals surface area contributed by atoms with Gasteiger partial charge in [-0.15, -0.1) is 0 Å². The molecule has 1 aliphatic rings. The number of hydrogen-bond donors (Lipinski definition) is 1. The number of rotatable bonds is 9. The zero-order chi connectivity index (χ0) is 21.8. The summed E-state index contributed by atoms with van der Waals surface area (Å²) in [6.07, 6.45) is 2.56. The number of carbonyl (C=O) groups excluding carboxylic acids is 1. The van der Waals surface area contributed by atoms with E-state index in [4.69, 9.17) is 4.74 Å². The van der Waals surface area contributed by atoms with Crippen LogP contribution in [-0.4, -0.2) is 38.3 Å². The fraction of sp³-hybridized carbons (Fsp3) is 0.435. The lowest BCUT2D eigenvalue weighted by Crippen LogP contribution is -2.46. The van der Waals surface area contributed by atoms with Crippen LogP contribution in [0.2, 0.25) is 0 Å². The summed E-state index contributed by atoms with van der Waals surface area (Å²) < 4.78 is 33.2. The molecule has 0 aliphatic heterocycles. The van der Waals surface area contributed by atoms with Crippen molar-refractivity contribution in [3.8, 4) is 5.75 Å². The van der Waals surface area contributed by atoms with Crippen molar-refractivity contribution < 1.29 is 17.9 Å². The van der Waals surface area contributed by atoms with Gasteiger partial charge in [-0.1, -0.05) is 50.6 Å². The molecule has 3 rings (SSSR count). The summed E-state index contributed by atoms with van der Waals surface area (Å²) in [6, 6.07) is 14.6. The van der Waals surface area contributed by atoms with E-state index in [-0.39, 0.29) is 10.8 Å². The molecule has 6 nitrogen and oxygen atoms in total. The van der Waals surface area contributed by atoms with Gasteiger partial charge in [0.2, 0.25) is 15.9 Å². The van der Waals surface area contributed by atoms with Crippen molar-refractivity contribution in [3.05, 3.63) is 54.1 Å². The quantitative estimate of drug-likeness (QED) is 0.648. The number of amides is 1. The van der Waals surface area contributed by atoms with E-state index < -0.39 is 15.4 Å². The Balaban J connectivity index is 1.95. The van der Waals surface area contributed by atoms with Crippen molar-refractivity contribution in [1.82, 2.24) is 4.31 Å². The van der Waals surface area contributed by atoms with Gasteiger partial charge in [0, 0.05) is 18.8 Å². The van der Waals surface area contributed by atoms with Crippen LogP contribution in [0, 0.1) is 0 Å². The van der Waals surface area contributed by atoms with Gasteiger partial charge >= 0.3 is 0 Å². The van der Waals surface area contributed by atoms with Gasteiger partial charge in [0.15, 0.2) is 0 Å². The maximum atomic E-state index is 13.2. The molecule has 0 bridgehead atoms. The summed E-state index contributed by atoms with van der Waals surface area (Å²) in [5.41, 5.74) is 0.893. The van der Waals surface area contributed by atoms with Gasteiger partial charge in [-0.2, -0.15) is 4.31 Å². The van der Waals surface area contributed by atoms with Gasteiger partial charge in [0.1, 0.15) is 10.6 Å². The molecule has 0 radical (unpaired) electrons. The molecule has 1 aliphatic carbocycles. The smallest absolute Gasteiger partial charge is 0.246 e. The zero-order valence-corrected chi connectivity index (χ0v) is 18.7. The van der Waals surface area contributed by atoms with Crippen molar-refractivity contribution in [2.45, 2.75) is 50.3 Å². The average molecular weight is 431 g/mol. The van der Waals surface area contributed by atoms with E-state index in [0.717, 1.165) is 24.8 Å². The third-order valence-electron chi connectivity index (χ3n) is 5.79. The summed E-state index contributed by atoms with van der Waals surface area (Å²) >= 11 is 0. The number of nitrogens with one attached hydrogen (secondary N) is 1. The first kappa shape index (κ1) is 22.3. The van der Waals surface area contributed by atoms with E-state index >= 15 is 0 Å². The Morgan fingerprint density at radius 2 is 1.73 bits per heavy atom. The van der Waals surface area contributed by atoms with Crippen LogP contribution in [0.15, 0.2) is 53.4 Å². The van der Waals surface area contributed by atoms with Crippen LogP contribution in [0.1, 0.15) is 45.6 Å². The lowest BCUT2D eigenvalue weighted by atomic mass is 9.64. The molecule has 1 amide bonds. The minimum Gasteiger partial charge on any atom is -0.492 e. The summed E-state index contributed by atoms with van der Waals surface area (Å²) in [4.78, 5) is 13.3. The number of carbonyl (C=O) groups is 1. The Hall–Kier alpha value is -2.38. The zero-order valence-electron chi connectivity index (χ0n) is 17.8. The van der Waals surface area contributed by atoms with Gasteiger partial charge in [-0.25, -0.2) is 8.42 Å². The molecule has 1 N–H and O–H groups in total. The van der Waals surface area contributed by atoms with E-state index in [1.807, 2.05) is 37.3 Å². The molecule has 0 atom stereocenters. The van der Waals surface area contributed by atoms with Crippen LogP contribution in [-0.2, 0) is 20.2 Å². The molecular weight excluding hydrogens is 400 g/mol. The molecule has 162 valence electrons. The van der Waals surface area contributed by atoms with Crippen LogP contribution >= 0.6 is 0 Å². The number of sulfonamides is 1. The summed E-state index contributed by atoms with van der Waals surface area (Å²) in [5, 5.41) is 2.96. The molecule has 0 unspecified atom stereocenters. The number of ether oxygens (including phenoxy) is 1. The third-order valence-corrected chi connectivity index (χ3v) is 7.86. The lowest BCUT2D eigenvalue weighted by molar-refractivity contribution is -0.124. The number of hydrogen-bond acceptors (Lipinski definition) is 4. The second-order valence-corrected chi connectivity index (χ2v) is 9.35. The van der Waals surface area contributed by atoms with E-state index in [9.17, 15) is 13.2 Å². The molecule has 0 spiro atoms. The minimum absolute atomic E-state index is 0.0771. The highest BCUT2D eigenvalue weighted by Gasteiger charge is 2.45. The normalized spacial score (nSPS) is 15.5. The first-order chi connectivity index (χ1) is 14.4. The SMILES string of the molecule is CCOc1ccc(NC(=O)C2(c3ccccc3)CCC2)cc1S(=O)(=O)N(CC)CC. The molecule has 2 aromatic rings. The Morgan fingerprint density at radius 3 is 2.27 bits per heavy atom. The summed E-state index contributed by atoms with van der Waals surface area (Å²) in [7, 11) is -3.73. The van der Waals surface area contributed by atoms with Gasteiger partial charge in [-0.3, -0.25) is 4.79 Å².